The summed E-state index contributed by atoms with van der Waals surface area (Å²) in [4.78, 5) is 12.1. The van der Waals surface area contributed by atoms with Crippen LogP contribution in [-0.2, 0) is 4.79 Å². The molecule has 1 rings (SSSR count). The number of carbonyl (C=O) groups is 1. The number of β-amino-alcohol motifs (C(OH)–C–C–N with tert-alkyl or cyclic N) is 2. The molecule has 2 N–H and O–H groups in total. The van der Waals surface area contributed by atoms with Gasteiger partial charge in [-0.15, -0.1) is 0 Å². The van der Waals surface area contributed by atoms with Crippen molar-refractivity contribution in [2.75, 3.05) is 13.1 Å². The van der Waals surface area contributed by atoms with Gasteiger partial charge in [0.25, 0.3) is 6.43 Å². The van der Waals surface area contributed by atoms with Crippen molar-refractivity contribution in [3.63, 3.8) is 0 Å². The van der Waals surface area contributed by atoms with E-state index in [0.717, 1.165) is 11.8 Å². The minimum atomic E-state index is -2.91. The van der Waals surface area contributed by atoms with Crippen LogP contribution < -0.4 is 0 Å². The number of hydrogen-bond acceptors (Lipinski definition) is 3. The lowest BCUT2D eigenvalue weighted by Gasteiger charge is -2.27. The van der Waals surface area contributed by atoms with Crippen molar-refractivity contribution >= 4 is 5.91 Å². The largest absolute Gasteiger partial charge is 0.391 e. The lowest BCUT2D eigenvalue weighted by atomic mass is 10.1. The molecule has 1 amide bonds. The van der Waals surface area contributed by atoms with Gasteiger partial charge in [-0.2, -0.15) is 0 Å². The summed E-state index contributed by atoms with van der Waals surface area (Å²) in [6.45, 7) is 0.540. The van der Waals surface area contributed by atoms with Crippen LogP contribution in [-0.4, -0.2) is 52.2 Å². The van der Waals surface area contributed by atoms with Gasteiger partial charge < -0.3 is 15.1 Å². The molecule has 0 saturated carbocycles. The number of alkyl halides is 2. The molecule has 0 spiro atoms. The van der Waals surface area contributed by atoms with Crippen molar-refractivity contribution in [2.45, 2.75) is 31.5 Å². The quantitative estimate of drug-likeness (QED) is 0.664. The van der Waals surface area contributed by atoms with E-state index in [-0.39, 0.29) is 13.0 Å². The molecule has 2 unspecified atom stereocenters. The second kappa shape index (κ2) is 3.78. The fourth-order valence-corrected chi connectivity index (χ4v) is 1.36. The molecule has 0 aliphatic carbocycles. The third kappa shape index (κ3) is 2.39. The summed E-state index contributed by atoms with van der Waals surface area (Å²) < 4.78 is 24.5. The van der Waals surface area contributed by atoms with E-state index >= 15 is 0 Å². The van der Waals surface area contributed by atoms with Crippen molar-refractivity contribution in [2.24, 2.45) is 0 Å². The van der Waals surface area contributed by atoms with E-state index in [1.54, 1.807) is 0 Å². The summed E-state index contributed by atoms with van der Waals surface area (Å²) in [5, 5.41) is 18.3. The molecular formula is C8H13F2NO3. The summed E-state index contributed by atoms with van der Waals surface area (Å²) in [6.07, 6.45) is -3.77. The van der Waals surface area contributed by atoms with Crippen LogP contribution in [0.3, 0.4) is 0 Å². The fraction of sp³-hybridized carbons (Fsp3) is 0.875. The van der Waals surface area contributed by atoms with E-state index in [2.05, 4.69) is 0 Å². The normalized spacial score (nSPS) is 27.1. The molecule has 82 valence electrons. The Kier molecular flexibility index (Phi) is 3.06. The van der Waals surface area contributed by atoms with Crippen LogP contribution >= 0.6 is 0 Å². The highest BCUT2D eigenvalue weighted by molar-refractivity contribution is 5.79. The molecule has 0 bridgehead atoms. The molecule has 4 nitrogen and oxygen atoms in total. The molecule has 1 heterocycles. The van der Waals surface area contributed by atoms with Crippen molar-refractivity contribution in [3.05, 3.63) is 0 Å². The second-order valence-corrected chi connectivity index (χ2v) is 3.79. The zero-order chi connectivity index (χ0) is 10.9. The van der Waals surface area contributed by atoms with Crippen LogP contribution in [0.2, 0.25) is 0 Å². The molecule has 0 aromatic heterocycles. The monoisotopic (exact) mass is 209 g/mol. The topological polar surface area (TPSA) is 60.8 Å². The standard InChI is InChI=1S/C8H13F2NO3/c1-8(14,7(9)10)4-11-3-5(12)2-6(11)13/h5,7,12,14H,2-4H2,1H3. The Labute approximate surface area is 80.1 Å². The van der Waals surface area contributed by atoms with Gasteiger partial charge in [-0.25, -0.2) is 8.78 Å². The summed E-state index contributed by atoms with van der Waals surface area (Å²) in [6, 6.07) is 0. The lowest BCUT2D eigenvalue weighted by Crippen LogP contribution is -2.46. The molecule has 1 aliphatic rings. The van der Waals surface area contributed by atoms with Crippen molar-refractivity contribution < 1.29 is 23.8 Å². The number of aliphatic hydroxyl groups is 2. The predicted octanol–water partition coefficient (Wildman–Crippen LogP) is -0.404. The summed E-state index contributed by atoms with van der Waals surface area (Å²) in [5.74, 6) is -0.404. The third-order valence-corrected chi connectivity index (χ3v) is 2.18. The number of carbonyl (C=O) groups excluding carboxylic acids is 1. The van der Waals surface area contributed by atoms with Crippen LogP contribution in [0.15, 0.2) is 0 Å². The minimum Gasteiger partial charge on any atom is -0.391 e. The SMILES string of the molecule is CC(O)(CN1CC(O)CC1=O)C(F)F. The predicted molar refractivity (Wildman–Crippen MR) is 43.8 cm³/mol. The molecule has 0 aromatic rings. The lowest BCUT2D eigenvalue weighted by molar-refractivity contribution is -0.137. The number of likely N-dealkylation sites (tertiary alicyclic amines) is 1. The van der Waals surface area contributed by atoms with Gasteiger partial charge in [-0.1, -0.05) is 0 Å². The molecule has 1 fully saturated rings. The number of hydrogen-bond donors (Lipinski definition) is 2. The average Bonchev–Trinajstić information content (AvgIpc) is 2.29. The van der Waals surface area contributed by atoms with E-state index in [9.17, 15) is 18.7 Å². The van der Waals surface area contributed by atoms with E-state index in [0.29, 0.717) is 0 Å². The first kappa shape index (κ1) is 11.3. The van der Waals surface area contributed by atoms with Crippen molar-refractivity contribution in [3.8, 4) is 0 Å². The van der Waals surface area contributed by atoms with Gasteiger partial charge in [0.1, 0.15) is 5.60 Å². The first-order valence-corrected chi connectivity index (χ1v) is 4.29. The molecule has 1 saturated heterocycles. The number of halogens is 2. The maximum Gasteiger partial charge on any atom is 0.268 e. The summed E-state index contributed by atoms with van der Waals surface area (Å²) in [5.41, 5.74) is -2.21. The number of rotatable bonds is 3. The molecule has 14 heavy (non-hydrogen) atoms. The van der Waals surface area contributed by atoms with Crippen molar-refractivity contribution in [1.82, 2.24) is 4.90 Å². The Morgan fingerprint density at radius 2 is 2.29 bits per heavy atom. The van der Waals surface area contributed by atoms with Crippen LogP contribution in [0.4, 0.5) is 8.78 Å². The van der Waals surface area contributed by atoms with Crippen LogP contribution in [0.1, 0.15) is 13.3 Å². The first-order valence-electron chi connectivity index (χ1n) is 4.29. The van der Waals surface area contributed by atoms with Gasteiger partial charge in [0.15, 0.2) is 0 Å². The fourth-order valence-electron chi connectivity index (χ4n) is 1.36. The van der Waals surface area contributed by atoms with Gasteiger partial charge in [-0.05, 0) is 6.92 Å². The molecule has 0 radical (unpaired) electrons. The smallest absolute Gasteiger partial charge is 0.268 e. The molecule has 1 aliphatic heterocycles. The summed E-state index contributed by atoms with van der Waals surface area (Å²) >= 11 is 0. The van der Waals surface area contributed by atoms with E-state index < -0.39 is 30.6 Å². The Bertz CT molecular complexity index is 233. The minimum absolute atomic E-state index is 0.0156. The highest BCUT2D eigenvalue weighted by Crippen LogP contribution is 2.20. The number of aliphatic hydroxyl groups excluding tert-OH is 1. The Hall–Kier alpha value is -0.750. The third-order valence-electron chi connectivity index (χ3n) is 2.18. The van der Waals surface area contributed by atoms with Gasteiger partial charge in [0, 0.05) is 6.54 Å². The van der Waals surface area contributed by atoms with E-state index in [1.807, 2.05) is 0 Å². The van der Waals surface area contributed by atoms with Gasteiger partial charge in [0.2, 0.25) is 5.91 Å². The zero-order valence-electron chi connectivity index (χ0n) is 7.78. The average molecular weight is 209 g/mol. The van der Waals surface area contributed by atoms with E-state index in [4.69, 9.17) is 5.11 Å². The first-order chi connectivity index (χ1) is 6.33. The van der Waals surface area contributed by atoms with E-state index in [1.165, 1.54) is 0 Å². The Morgan fingerprint density at radius 1 is 1.71 bits per heavy atom. The second-order valence-electron chi connectivity index (χ2n) is 3.79. The summed E-state index contributed by atoms with van der Waals surface area (Å²) in [7, 11) is 0. The molecule has 2 atom stereocenters. The number of amides is 1. The molecule has 0 aromatic carbocycles. The molecular weight excluding hydrogens is 196 g/mol. The Balaban J connectivity index is 2.56. The number of nitrogens with zero attached hydrogens (tertiary/aromatic N) is 1. The maximum atomic E-state index is 12.2. The van der Waals surface area contributed by atoms with Crippen LogP contribution in [0.25, 0.3) is 0 Å². The highest BCUT2D eigenvalue weighted by atomic mass is 19.3. The van der Waals surface area contributed by atoms with Gasteiger partial charge in [-0.3, -0.25) is 4.79 Å². The van der Waals surface area contributed by atoms with Crippen molar-refractivity contribution in [1.29, 1.82) is 0 Å². The Morgan fingerprint density at radius 3 is 2.64 bits per heavy atom. The van der Waals surface area contributed by atoms with Crippen LogP contribution in [0, 0.1) is 0 Å². The highest BCUT2D eigenvalue weighted by Gasteiger charge is 2.38. The zero-order valence-corrected chi connectivity index (χ0v) is 7.78. The van der Waals surface area contributed by atoms with Crippen LogP contribution in [0.5, 0.6) is 0 Å². The molecule has 6 heteroatoms. The van der Waals surface area contributed by atoms with Gasteiger partial charge in [0.05, 0.1) is 19.1 Å². The maximum absolute atomic E-state index is 12.2. The van der Waals surface area contributed by atoms with Gasteiger partial charge >= 0.3 is 0 Å².